The summed E-state index contributed by atoms with van der Waals surface area (Å²) < 4.78 is 2.63. The number of nitro benzene ring substituents is 1. The first-order valence-electron chi connectivity index (χ1n) is 8.78. The molecule has 0 atom stereocenters. The summed E-state index contributed by atoms with van der Waals surface area (Å²) >= 11 is 0. The lowest BCUT2D eigenvalue weighted by molar-refractivity contribution is -0.384. The second kappa shape index (κ2) is 7.87. The highest BCUT2D eigenvalue weighted by molar-refractivity contribution is 6.02. The molecule has 4 aromatic rings. The summed E-state index contributed by atoms with van der Waals surface area (Å²) in [6, 6.07) is 13.8. The van der Waals surface area contributed by atoms with E-state index in [-0.39, 0.29) is 17.1 Å². The molecule has 2 aromatic carbocycles. The Morgan fingerprint density at radius 1 is 1.00 bits per heavy atom. The Labute approximate surface area is 173 Å². The molecular formula is C19H13N7O5. The molecule has 12 heteroatoms. The zero-order valence-electron chi connectivity index (χ0n) is 15.6. The normalized spacial score (nSPS) is 10.6. The van der Waals surface area contributed by atoms with Gasteiger partial charge < -0.3 is 10.4 Å². The first-order chi connectivity index (χ1) is 14.9. The molecule has 0 aliphatic heterocycles. The van der Waals surface area contributed by atoms with Crippen LogP contribution in [0.25, 0.3) is 11.4 Å². The number of benzene rings is 2. The third-order valence-electron chi connectivity index (χ3n) is 4.21. The molecule has 2 N–H and O–H groups in total. The van der Waals surface area contributed by atoms with E-state index in [0.717, 1.165) is 0 Å². The number of carbonyl (C=O) groups excluding carboxylic acids is 1. The highest BCUT2D eigenvalue weighted by atomic mass is 16.6. The lowest BCUT2D eigenvalue weighted by atomic mass is 10.2. The number of carboxylic acid groups (broad SMARTS) is 1. The fourth-order valence-electron chi connectivity index (χ4n) is 2.75. The van der Waals surface area contributed by atoms with E-state index < -0.39 is 16.8 Å². The average molecular weight is 419 g/mol. The zero-order chi connectivity index (χ0) is 22.0. The van der Waals surface area contributed by atoms with Crippen molar-refractivity contribution in [2.75, 3.05) is 5.32 Å². The van der Waals surface area contributed by atoms with Crippen molar-refractivity contribution in [3.8, 4) is 11.4 Å². The van der Waals surface area contributed by atoms with E-state index in [4.69, 9.17) is 5.11 Å². The standard InChI is InChI=1S/C19H13N7O5/c27-18(17-11-25(23-21-17)14-5-2-6-15(10-14)26(30)31)20-12-3-1-4-13(9-12)24-8-7-16(22-24)19(28)29/h1-11H,(H,20,27)(H,28,29). The molecule has 0 unspecified atom stereocenters. The molecule has 0 fully saturated rings. The van der Waals surface area contributed by atoms with Crippen molar-refractivity contribution < 1.29 is 19.6 Å². The van der Waals surface area contributed by atoms with Gasteiger partial charge >= 0.3 is 5.97 Å². The number of hydrogen-bond donors (Lipinski definition) is 2. The molecule has 0 saturated heterocycles. The number of anilines is 1. The number of aromatic nitrogens is 5. The minimum Gasteiger partial charge on any atom is -0.476 e. The molecular weight excluding hydrogens is 406 g/mol. The van der Waals surface area contributed by atoms with Gasteiger partial charge in [-0.25, -0.2) is 14.2 Å². The Morgan fingerprint density at radius 2 is 1.74 bits per heavy atom. The molecule has 0 spiro atoms. The van der Waals surface area contributed by atoms with Crippen LogP contribution in [0, 0.1) is 10.1 Å². The number of nitrogens with one attached hydrogen (secondary N) is 1. The predicted octanol–water partition coefficient (Wildman–Crippen LogP) is 2.31. The van der Waals surface area contributed by atoms with E-state index in [9.17, 15) is 19.7 Å². The van der Waals surface area contributed by atoms with Gasteiger partial charge in [-0.15, -0.1) is 5.10 Å². The van der Waals surface area contributed by atoms with Crippen molar-refractivity contribution in [2.24, 2.45) is 0 Å². The van der Waals surface area contributed by atoms with Gasteiger partial charge in [-0.05, 0) is 30.3 Å². The van der Waals surface area contributed by atoms with Crippen LogP contribution in [0.15, 0.2) is 67.0 Å². The lowest BCUT2D eigenvalue weighted by Gasteiger charge is -2.06. The number of nitro groups is 1. The van der Waals surface area contributed by atoms with Crippen molar-refractivity contribution in [1.29, 1.82) is 0 Å². The third kappa shape index (κ3) is 4.12. The molecule has 154 valence electrons. The number of carboxylic acids is 1. The summed E-state index contributed by atoms with van der Waals surface area (Å²) in [5, 5.41) is 34.2. The Hall–Kier alpha value is -4.87. The van der Waals surface area contributed by atoms with E-state index in [1.165, 1.54) is 46.0 Å². The predicted molar refractivity (Wildman–Crippen MR) is 106 cm³/mol. The number of non-ortho nitro benzene ring substituents is 1. The maximum Gasteiger partial charge on any atom is 0.356 e. The number of aromatic carboxylic acids is 1. The SMILES string of the molecule is O=C(O)c1ccn(-c2cccc(NC(=O)c3cn(-c4cccc([N+](=O)[O-])c4)nn3)c2)n1. The number of amides is 1. The largest absolute Gasteiger partial charge is 0.476 e. The zero-order valence-corrected chi connectivity index (χ0v) is 15.6. The van der Waals surface area contributed by atoms with Gasteiger partial charge in [0.15, 0.2) is 11.4 Å². The number of hydrogen-bond acceptors (Lipinski definition) is 7. The van der Waals surface area contributed by atoms with Crippen LogP contribution in [0.4, 0.5) is 11.4 Å². The van der Waals surface area contributed by atoms with Gasteiger partial charge in [-0.1, -0.05) is 17.3 Å². The number of nitrogens with zero attached hydrogens (tertiary/aromatic N) is 6. The van der Waals surface area contributed by atoms with Crippen molar-refractivity contribution in [1.82, 2.24) is 24.8 Å². The van der Waals surface area contributed by atoms with Crippen LogP contribution < -0.4 is 5.32 Å². The fourth-order valence-corrected chi connectivity index (χ4v) is 2.75. The second-order valence-electron chi connectivity index (χ2n) is 6.28. The van der Waals surface area contributed by atoms with Gasteiger partial charge in [-0.2, -0.15) is 5.10 Å². The molecule has 31 heavy (non-hydrogen) atoms. The Kier molecular flexibility index (Phi) is 4.93. The molecule has 0 saturated carbocycles. The minimum atomic E-state index is -1.14. The van der Waals surface area contributed by atoms with Crippen molar-refractivity contribution in [3.63, 3.8) is 0 Å². The minimum absolute atomic E-state index is 0.00385. The van der Waals surface area contributed by atoms with Crippen LogP contribution in [0.5, 0.6) is 0 Å². The van der Waals surface area contributed by atoms with Gasteiger partial charge in [0.1, 0.15) is 0 Å². The first-order valence-corrected chi connectivity index (χ1v) is 8.78. The van der Waals surface area contributed by atoms with Crippen LogP contribution in [0.1, 0.15) is 21.0 Å². The van der Waals surface area contributed by atoms with Crippen molar-refractivity contribution in [3.05, 3.63) is 88.5 Å². The molecule has 4 rings (SSSR count). The van der Waals surface area contributed by atoms with E-state index >= 15 is 0 Å². The molecule has 0 aliphatic rings. The van der Waals surface area contributed by atoms with Gasteiger partial charge in [0.05, 0.1) is 22.5 Å². The second-order valence-corrected chi connectivity index (χ2v) is 6.28. The molecule has 0 bridgehead atoms. The topological polar surface area (TPSA) is 158 Å². The van der Waals surface area contributed by atoms with Gasteiger partial charge in [0.2, 0.25) is 0 Å². The lowest BCUT2D eigenvalue weighted by Crippen LogP contribution is -2.12. The van der Waals surface area contributed by atoms with E-state index in [0.29, 0.717) is 17.1 Å². The Bertz CT molecular complexity index is 1310. The van der Waals surface area contributed by atoms with E-state index in [2.05, 4.69) is 20.7 Å². The van der Waals surface area contributed by atoms with Crippen LogP contribution in [0.2, 0.25) is 0 Å². The summed E-state index contributed by atoms with van der Waals surface area (Å²) in [6.07, 6.45) is 2.85. The van der Waals surface area contributed by atoms with Crippen LogP contribution in [0.3, 0.4) is 0 Å². The number of rotatable bonds is 6. The fraction of sp³-hybridized carbons (Fsp3) is 0. The Morgan fingerprint density at radius 3 is 2.45 bits per heavy atom. The molecule has 0 aliphatic carbocycles. The van der Waals surface area contributed by atoms with Gasteiger partial charge in [-0.3, -0.25) is 14.9 Å². The van der Waals surface area contributed by atoms with Crippen molar-refractivity contribution >= 4 is 23.3 Å². The maximum absolute atomic E-state index is 12.5. The smallest absolute Gasteiger partial charge is 0.356 e. The van der Waals surface area contributed by atoms with Crippen LogP contribution in [-0.4, -0.2) is 46.7 Å². The summed E-state index contributed by atoms with van der Waals surface area (Å²) in [7, 11) is 0. The Balaban J connectivity index is 1.52. The van der Waals surface area contributed by atoms with E-state index in [1.54, 1.807) is 30.3 Å². The maximum atomic E-state index is 12.5. The monoisotopic (exact) mass is 419 g/mol. The number of carbonyl (C=O) groups is 2. The summed E-state index contributed by atoms with van der Waals surface area (Å²) in [6.45, 7) is 0. The molecule has 2 heterocycles. The van der Waals surface area contributed by atoms with Crippen LogP contribution in [-0.2, 0) is 0 Å². The summed E-state index contributed by atoms with van der Waals surface area (Å²) in [5.74, 6) is -1.68. The average Bonchev–Trinajstić information content (AvgIpc) is 3.44. The summed E-state index contributed by atoms with van der Waals surface area (Å²) in [5.41, 5.74) is 1.15. The molecule has 1 amide bonds. The molecule has 2 aromatic heterocycles. The molecule has 0 radical (unpaired) electrons. The van der Waals surface area contributed by atoms with Gasteiger partial charge in [0.25, 0.3) is 11.6 Å². The van der Waals surface area contributed by atoms with Gasteiger partial charge in [0, 0.05) is 24.0 Å². The summed E-state index contributed by atoms with van der Waals surface area (Å²) in [4.78, 5) is 33.9. The highest BCUT2D eigenvalue weighted by Gasteiger charge is 2.14. The van der Waals surface area contributed by atoms with Crippen LogP contribution >= 0.6 is 0 Å². The highest BCUT2D eigenvalue weighted by Crippen LogP contribution is 2.18. The molecule has 12 nitrogen and oxygen atoms in total. The quantitative estimate of drug-likeness (QED) is 0.356. The van der Waals surface area contributed by atoms with E-state index in [1.807, 2.05) is 0 Å². The third-order valence-corrected chi connectivity index (χ3v) is 4.21. The van der Waals surface area contributed by atoms with Crippen molar-refractivity contribution in [2.45, 2.75) is 0 Å². The first kappa shape index (κ1) is 19.4.